The quantitative estimate of drug-likeness (QED) is 0.701. The van der Waals surface area contributed by atoms with Gasteiger partial charge in [0.15, 0.2) is 0 Å². The second-order valence-electron chi connectivity index (χ2n) is 4.71. The number of rotatable bonds is 1. The highest BCUT2D eigenvalue weighted by Gasteiger charge is 2.11. The Balaban J connectivity index is 2.28. The highest BCUT2D eigenvalue weighted by Crippen LogP contribution is 2.22. The summed E-state index contributed by atoms with van der Waals surface area (Å²) < 4.78 is 2.67. The van der Waals surface area contributed by atoms with E-state index in [9.17, 15) is 4.79 Å². The zero-order valence-electron chi connectivity index (χ0n) is 11.6. The molecule has 0 saturated carbocycles. The minimum atomic E-state index is -0.00440. The number of fused-ring (bicyclic) bond motifs is 1. The third-order valence-electron chi connectivity index (χ3n) is 3.19. The molecule has 0 spiro atoms. The van der Waals surface area contributed by atoms with Gasteiger partial charge in [-0.2, -0.15) is 0 Å². The lowest BCUT2D eigenvalue weighted by Crippen LogP contribution is -2.12. The molecular formula is C17H14N2OS. The standard InChI is InChI=1S/C17H14N2OS/c1-12-8-9-15(13(11-12)5-4-10-18)19-17(20)14-6-2-3-7-16(14)21-19/h2-3,6-9,11H,10,18H2,1H3. The maximum atomic E-state index is 12.5. The number of nitrogens with two attached hydrogens (primary N) is 1. The molecule has 0 aliphatic heterocycles. The summed E-state index contributed by atoms with van der Waals surface area (Å²) in [6.07, 6.45) is 0. The van der Waals surface area contributed by atoms with Crippen LogP contribution in [-0.4, -0.2) is 10.5 Å². The second kappa shape index (κ2) is 5.57. The van der Waals surface area contributed by atoms with Gasteiger partial charge < -0.3 is 5.73 Å². The van der Waals surface area contributed by atoms with E-state index in [1.54, 1.807) is 3.96 Å². The number of hydrogen-bond acceptors (Lipinski definition) is 3. The van der Waals surface area contributed by atoms with Crippen molar-refractivity contribution in [1.82, 2.24) is 3.96 Å². The van der Waals surface area contributed by atoms with E-state index in [-0.39, 0.29) is 5.56 Å². The summed E-state index contributed by atoms with van der Waals surface area (Å²) in [6.45, 7) is 2.31. The lowest BCUT2D eigenvalue weighted by atomic mass is 10.1. The van der Waals surface area contributed by atoms with Crippen molar-refractivity contribution in [2.24, 2.45) is 5.73 Å². The molecule has 0 radical (unpaired) electrons. The third kappa shape index (κ3) is 2.49. The summed E-state index contributed by atoms with van der Waals surface area (Å²) >= 11 is 1.44. The molecule has 2 aromatic carbocycles. The highest BCUT2D eigenvalue weighted by atomic mass is 32.1. The van der Waals surface area contributed by atoms with Gasteiger partial charge in [-0.25, -0.2) is 3.96 Å². The Hall–Kier alpha value is -2.35. The molecule has 2 N–H and O–H groups in total. The SMILES string of the molecule is Cc1ccc(-n2sc3ccccc3c2=O)c(C#CCN)c1. The average Bonchev–Trinajstić information content (AvgIpc) is 2.83. The number of aryl methyl sites for hydroxylation is 1. The number of benzene rings is 2. The molecule has 0 bridgehead atoms. The van der Waals surface area contributed by atoms with Crippen LogP contribution >= 0.6 is 11.5 Å². The van der Waals surface area contributed by atoms with Crippen LogP contribution in [0.4, 0.5) is 0 Å². The first-order chi connectivity index (χ1) is 10.2. The molecule has 0 unspecified atom stereocenters. The van der Waals surface area contributed by atoms with Crippen molar-refractivity contribution in [3.05, 3.63) is 63.9 Å². The highest BCUT2D eigenvalue weighted by molar-refractivity contribution is 7.14. The third-order valence-corrected chi connectivity index (χ3v) is 4.29. The zero-order valence-corrected chi connectivity index (χ0v) is 12.4. The fraction of sp³-hybridized carbons (Fsp3) is 0.118. The zero-order chi connectivity index (χ0) is 14.8. The molecule has 1 aromatic heterocycles. The number of aromatic nitrogens is 1. The van der Waals surface area contributed by atoms with Crippen LogP contribution in [0.2, 0.25) is 0 Å². The number of nitrogens with zero attached hydrogens (tertiary/aromatic N) is 1. The van der Waals surface area contributed by atoms with E-state index < -0.39 is 0 Å². The van der Waals surface area contributed by atoms with Crippen molar-refractivity contribution < 1.29 is 0 Å². The lowest BCUT2D eigenvalue weighted by Gasteiger charge is -2.05. The minimum Gasteiger partial charge on any atom is -0.320 e. The van der Waals surface area contributed by atoms with Crippen LogP contribution in [0.5, 0.6) is 0 Å². The van der Waals surface area contributed by atoms with Crippen LogP contribution in [0.15, 0.2) is 47.3 Å². The average molecular weight is 294 g/mol. The van der Waals surface area contributed by atoms with Crippen molar-refractivity contribution in [3.63, 3.8) is 0 Å². The molecular weight excluding hydrogens is 280 g/mol. The number of hydrogen-bond donors (Lipinski definition) is 1. The first-order valence-corrected chi connectivity index (χ1v) is 7.39. The molecule has 1 heterocycles. The molecule has 4 heteroatoms. The van der Waals surface area contributed by atoms with Gasteiger partial charge in [-0.05, 0) is 36.8 Å². The molecule has 0 saturated heterocycles. The lowest BCUT2D eigenvalue weighted by molar-refractivity contribution is 1.13. The smallest absolute Gasteiger partial charge is 0.273 e. The fourth-order valence-corrected chi connectivity index (χ4v) is 3.23. The van der Waals surface area contributed by atoms with Gasteiger partial charge in [-0.15, -0.1) is 0 Å². The Labute approximate surface area is 126 Å². The monoisotopic (exact) mass is 294 g/mol. The Kier molecular flexibility index (Phi) is 3.61. The molecule has 0 amide bonds. The van der Waals surface area contributed by atoms with Crippen LogP contribution in [0, 0.1) is 18.8 Å². The molecule has 3 rings (SSSR count). The van der Waals surface area contributed by atoms with Gasteiger partial charge in [0.25, 0.3) is 5.56 Å². The van der Waals surface area contributed by atoms with E-state index in [1.807, 2.05) is 49.4 Å². The van der Waals surface area contributed by atoms with Crippen LogP contribution in [-0.2, 0) is 0 Å². The molecule has 0 atom stereocenters. The van der Waals surface area contributed by atoms with Gasteiger partial charge in [0.1, 0.15) is 0 Å². The normalized spacial score (nSPS) is 10.4. The van der Waals surface area contributed by atoms with Crippen molar-refractivity contribution in [2.45, 2.75) is 6.92 Å². The molecule has 3 aromatic rings. The first-order valence-electron chi connectivity index (χ1n) is 6.62. The molecule has 0 fully saturated rings. The molecule has 0 aliphatic carbocycles. The Morgan fingerprint density at radius 3 is 2.81 bits per heavy atom. The summed E-state index contributed by atoms with van der Waals surface area (Å²) in [6, 6.07) is 13.5. The Morgan fingerprint density at radius 2 is 2.05 bits per heavy atom. The van der Waals surface area contributed by atoms with E-state index in [2.05, 4.69) is 11.8 Å². The molecule has 3 nitrogen and oxygen atoms in total. The van der Waals surface area contributed by atoms with Crippen LogP contribution < -0.4 is 11.3 Å². The van der Waals surface area contributed by atoms with Crippen molar-refractivity contribution in [2.75, 3.05) is 6.54 Å². The topological polar surface area (TPSA) is 48.0 Å². The van der Waals surface area contributed by atoms with E-state index in [4.69, 9.17) is 5.73 Å². The van der Waals surface area contributed by atoms with E-state index in [0.29, 0.717) is 6.54 Å². The first kappa shape index (κ1) is 13.6. The molecule has 21 heavy (non-hydrogen) atoms. The summed E-state index contributed by atoms with van der Waals surface area (Å²) in [4.78, 5) is 12.5. The van der Waals surface area contributed by atoms with Gasteiger partial charge in [0, 0.05) is 5.56 Å². The maximum Gasteiger partial charge on any atom is 0.273 e. The van der Waals surface area contributed by atoms with Crippen molar-refractivity contribution in [3.8, 4) is 17.5 Å². The van der Waals surface area contributed by atoms with E-state index in [0.717, 1.165) is 26.9 Å². The summed E-state index contributed by atoms with van der Waals surface area (Å²) in [7, 11) is 0. The Bertz CT molecular complexity index is 925. The van der Waals surface area contributed by atoms with E-state index >= 15 is 0 Å². The van der Waals surface area contributed by atoms with Gasteiger partial charge in [0.05, 0.1) is 22.3 Å². The van der Waals surface area contributed by atoms with Gasteiger partial charge in [-0.3, -0.25) is 4.79 Å². The van der Waals surface area contributed by atoms with Gasteiger partial charge in [0.2, 0.25) is 0 Å². The molecule has 104 valence electrons. The fourth-order valence-electron chi connectivity index (χ4n) is 2.20. The predicted octanol–water partition coefficient (Wildman–Crippen LogP) is 2.67. The minimum absolute atomic E-state index is 0.00440. The van der Waals surface area contributed by atoms with Crippen molar-refractivity contribution in [1.29, 1.82) is 0 Å². The van der Waals surface area contributed by atoms with Crippen LogP contribution in [0.3, 0.4) is 0 Å². The molecule has 0 aliphatic rings. The van der Waals surface area contributed by atoms with E-state index in [1.165, 1.54) is 11.5 Å². The summed E-state index contributed by atoms with van der Waals surface area (Å²) in [5.41, 5.74) is 8.20. The van der Waals surface area contributed by atoms with Gasteiger partial charge in [-0.1, -0.05) is 41.6 Å². The summed E-state index contributed by atoms with van der Waals surface area (Å²) in [5.74, 6) is 5.92. The van der Waals surface area contributed by atoms with Gasteiger partial charge >= 0.3 is 0 Å². The predicted molar refractivity (Wildman–Crippen MR) is 88.1 cm³/mol. The van der Waals surface area contributed by atoms with Crippen LogP contribution in [0.25, 0.3) is 15.8 Å². The second-order valence-corrected chi connectivity index (χ2v) is 5.70. The summed E-state index contributed by atoms with van der Waals surface area (Å²) in [5, 5.41) is 0.737. The largest absolute Gasteiger partial charge is 0.320 e. The van der Waals surface area contributed by atoms with Crippen LogP contribution in [0.1, 0.15) is 11.1 Å². The van der Waals surface area contributed by atoms with Crippen molar-refractivity contribution >= 4 is 21.6 Å². The maximum absolute atomic E-state index is 12.5. The Morgan fingerprint density at radius 1 is 1.24 bits per heavy atom.